The van der Waals surface area contributed by atoms with Crippen molar-refractivity contribution in [3.63, 3.8) is 0 Å². The highest BCUT2D eigenvalue weighted by molar-refractivity contribution is 5.84. The van der Waals surface area contributed by atoms with Gasteiger partial charge in [0.25, 0.3) is 0 Å². The van der Waals surface area contributed by atoms with Crippen molar-refractivity contribution in [2.24, 2.45) is 5.41 Å². The zero-order valence-corrected chi connectivity index (χ0v) is 11.5. The van der Waals surface area contributed by atoms with Crippen LogP contribution in [-0.2, 0) is 6.54 Å². The maximum absolute atomic E-state index is 10.6. The number of carboxylic acid groups (broad SMARTS) is 1. The molecule has 0 saturated heterocycles. The van der Waals surface area contributed by atoms with E-state index in [1.165, 1.54) is 6.07 Å². The number of carboxylic acids is 1. The Kier molecular flexibility index (Phi) is 4.93. The van der Waals surface area contributed by atoms with E-state index in [2.05, 4.69) is 24.1 Å². The first-order valence-electron chi connectivity index (χ1n) is 5.98. The lowest BCUT2D eigenvalue weighted by Gasteiger charge is -2.28. The summed E-state index contributed by atoms with van der Waals surface area (Å²) < 4.78 is 5.17. The fourth-order valence-corrected chi connectivity index (χ4v) is 2.02. The average Bonchev–Trinajstić information content (AvgIpc) is 2.63. The summed E-state index contributed by atoms with van der Waals surface area (Å²) in [6, 6.07) is 3.17. The van der Waals surface area contributed by atoms with Crippen molar-refractivity contribution in [1.29, 1.82) is 0 Å². The zero-order valence-electron chi connectivity index (χ0n) is 11.5. The predicted octanol–water partition coefficient (Wildman–Crippen LogP) is 1.66. The van der Waals surface area contributed by atoms with E-state index in [9.17, 15) is 4.79 Å². The number of aromatic carboxylic acids is 1. The second kappa shape index (κ2) is 6.02. The van der Waals surface area contributed by atoms with E-state index < -0.39 is 5.97 Å². The Morgan fingerprint density at radius 2 is 2.11 bits per heavy atom. The summed E-state index contributed by atoms with van der Waals surface area (Å²) in [5.74, 6) is -0.401. The summed E-state index contributed by atoms with van der Waals surface area (Å²) in [7, 11) is 4.10. The first-order valence-corrected chi connectivity index (χ1v) is 5.98. The van der Waals surface area contributed by atoms with Crippen molar-refractivity contribution in [1.82, 2.24) is 10.2 Å². The van der Waals surface area contributed by atoms with Gasteiger partial charge in [-0.3, -0.25) is 0 Å². The quantitative estimate of drug-likeness (QED) is 0.774. The minimum absolute atomic E-state index is 0.0145. The summed E-state index contributed by atoms with van der Waals surface area (Å²) in [5, 5.41) is 12.0. The average molecular weight is 254 g/mol. The van der Waals surface area contributed by atoms with Crippen LogP contribution in [0.5, 0.6) is 0 Å². The summed E-state index contributed by atoms with van der Waals surface area (Å²) in [5.41, 5.74) is 0.158. The van der Waals surface area contributed by atoms with Gasteiger partial charge >= 0.3 is 5.97 Å². The van der Waals surface area contributed by atoms with Crippen LogP contribution in [0.25, 0.3) is 0 Å². The van der Waals surface area contributed by atoms with Gasteiger partial charge in [0, 0.05) is 13.1 Å². The molecule has 0 aliphatic rings. The number of nitrogens with zero attached hydrogens (tertiary/aromatic N) is 1. The third-order valence-electron chi connectivity index (χ3n) is 2.52. The topological polar surface area (TPSA) is 65.7 Å². The first-order chi connectivity index (χ1) is 8.30. The molecular weight excluding hydrogens is 232 g/mol. The summed E-state index contributed by atoms with van der Waals surface area (Å²) in [4.78, 5) is 12.8. The third kappa shape index (κ3) is 4.89. The van der Waals surface area contributed by atoms with E-state index in [1.54, 1.807) is 6.07 Å². The van der Waals surface area contributed by atoms with Crippen LogP contribution in [-0.4, -0.2) is 43.2 Å². The van der Waals surface area contributed by atoms with Gasteiger partial charge in [-0.25, -0.2) is 4.79 Å². The van der Waals surface area contributed by atoms with E-state index in [0.717, 1.165) is 13.1 Å². The molecule has 18 heavy (non-hydrogen) atoms. The fraction of sp³-hybridized carbons (Fsp3) is 0.615. The van der Waals surface area contributed by atoms with Crippen molar-refractivity contribution in [2.75, 3.05) is 27.2 Å². The molecule has 1 aromatic heterocycles. The Bertz CT molecular complexity index is 397. The van der Waals surface area contributed by atoms with Crippen LogP contribution >= 0.6 is 0 Å². The van der Waals surface area contributed by atoms with E-state index in [-0.39, 0.29) is 11.2 Å². The highest BCUT2D eigenvalue weighted by atomic mass is 16.4. The lowest BCUT2D eigenvalue weighted by atomic mass is 9.93. The Morgan fingerprint density at radius 1 is 1.44 bits per heavy atom. The van der Waals surface area contributed by atoms with E-state index in [1.807, 2.05) is 14.1 Å². The molecule has 1 rings (SSSR count). The lowest BCUT2D eigenvalue weighted by Crippen LogP contribution is -2.37. The Morgan fingerprint density at radius 3 is 2.61 bits per heavy atom. The van der Waals surface area contributed by atoms with E-state index in [0.29, 0.717) is 12.3 Å². The molecule has 2 N–H and O–H groups in total. The maximum atomic E-state index is 10.6. The molecule has 0 spiro atoms. The molecule has 1 aromatic rings. The zero-order chi connectivity index (χ0) is 13.8. The minimum Gasteiger partial charge on any atom is -0.475 e. The lowest BCUT2D eigenvalue weighted by molar-refractivity contribution is 0.0660. The smallest absolute Gasteiger partial charge is 0.371 e. The molecule has 5 nitrogen and oxygen atoms in total. The van der Waals surface area contributed by atoms with Crippen LogP contribution in [0.4, 0.5) is 0 Å². The molecule has 0 aliphatic heterocycles. The minimum atomic E-state index is -1.03. The number of hydrogen-bond donors (Lipinski definition) is 2. The second-order valence-electron chi connectivity index (χ2n) is 5.58. The normalized spacial score (nSPS) is 12.1. The number of carbonyl (C=O) groups is 1. The molecule has 0 radical (unpaired) electrons. The highest BCUT2D eigenvalue weighted by Crippen LogP contribution is 2.15. The van der Waals surface area contributed by atoms with Crippen molar-refractivity contribution < 1.29 is 14.3 Å². The van der Waals surface area contributed by atoms with Crippen LogP contribution < -0.4 is 5.32 Å². The van der Waals surface area contributed by atoms with E-state index in [4.69, 9.17) is 9.52 Å². The van der Waals surface area contributed by atoms with Crippen molar-refractivity contribution in [3.8, 4) is 0 Å². The molecule has 0 atom stereocenters. The van der Waals surface area contributed by atoms with Gasteiger partial charge in [0.15, 0.2) is 0 Å². The van der Waals surface area contributed by atoms with Gasteiger partial charge in [0.05, 0.1) is 6.54 Å². The van der Waals surface area contributed by atoms with Crippen LogP contribution in [0, 0.1) is 5.41 Å². The summed E-state index contributed by atoms with van der Waals surface area (Å²) in [6.07, 6.45) is 0. The first kappa shape index (κ1) is 14.7. The number of rotatable bonds is 7. The van der Waals surface area contributed by atoms with Gasteiger partial charge in [0.1, 0.15) is 5.76 Å². The monoisotopic (exact) mass is 254 g/mol. The molecule has 0 unspecified atom stereocenters. The van der Waals surface area contributed by atoms with Gasteiger partial charge in [-0.1, -0.05) is 13.8 Å². The van der Waals surface area contributed by atoms with E-state index >= 15 is 0 Å². The van der Waals surface area contributed by atoms with Crippen molar-refractivity contribution in [3.05, 3.63) is 23.7 Å². The molecule has 1 heterocycles. The van der Waals surface area contributed by atoms with Crippen LogP contribution in [0.3, 0.4) is 0 Å². The molecule has 0 aliphatic carbocycles. The van der Waals surface area contributed by atoms with Gasteiger partial charge in [-0.2, -0.15) is 0 Å². The molecule has 102 valence electrons. The van der Waals surface area contributed by atoms with Gasteiger partial charge in [-0.15, -0.1) is 0 Å². The Balaban J connectivity index is 2.39. The SMILES string of the molecule is CN(C)CC(C)(C)CNCc1ccc(C(=O)O)o1. The van der Waals surface area contributed by atoms with Gasteiger partial charge in [0.2, 0.25) is 5.76 Å². The molecule has 0 aromatic carbocycles. The third-order valence-corrected chi connectivity index (χ3v) is 2.52. The molecule has 5 heteroatoms. The Hall–Kier alpha value is -1.33. The standard InChI is InChI=1S/C13H22N2O3/c1-13(2,9-15(3)4)8-14-7-10-5-6-11(18-10)12(16)17/h5-6,14H,7-9H2,1-4H3,(H,16,17). The largest absolute Gasteiger partial charge is 0.475 e. The predicted molar refractivity (Wildman–Crippen MR) is 69.7 cm³/mol. The van der Waals surface area contributed by atoms with Crippen LogP contribution in [0.2, 0.25) is 0 Å². The van der Waals surface area contributed by atoms with Crippen LogP contribution in [0.1, 0.15) is 30.2 Å². The van der Waals surface area contributed by atoms with Gasteiger partial charge < -0.3 is 19.7 Å². The molecular formula is C13H22N2O3. The fourth-order valence-electron chi connectivity index (χ4n) is 2.02. The van der Waals surface area contributed by atoms with Crippen molar-refractivity contribution >= 4 is 5.97 Å². The number of nitrogens with one attached hydrogen (secondary N) is 1. The molecule has 0 fully saturated rings. The number of hydrogen-bond acceptors (Lipinski definition) is 4. The maximum Gasteiger partial charge on any atom is 0.371 e. The molecule has 0 amide bonds. The highest BCUT2D eigenvalue weighted by Gasteiger charge is 2.18. The number of furan rings is 1. The summed E-state index contributed by atoms with van der Waals surface area (Å²) >= 11 is 0. The van der Waals surface area contributed by atoms with Gasteiger partial charge in [-0.05, 0) is 31.6 Å². The van der Waals surface area contributed by atoms with Crippen LogP contribution in [0.15, 0.2) is 16.5 Å². The summed E-state index contributed by atoms with van der Waals surface area (Å²) in [6.45, 7) is 6.74. The molecule has 0 saturated carbocycles. The molecule has 0 bridgehead atoms. The Labute approximate surface area is 108 Å². The second-order valence-corrected chi connectivity index (χ2v) is 5.58. The van der Waals surface area contributed by atoms with Crippen molar-refractivity contribution in [2.45, 2.75) is 20.4 Å².